The molecule has 2 N–H and O–H groups in total. The molecule has 24 heavy (non-hydrogen) atoms. The molecule has 0 radical (unpaired) electrons. The Morgan fingerprint density at radius 2 is 1.83 bits per heavy atom. The minimum absolute atomic E-state index is 0.00382. The Labute approximate surface area is 143 Å². The lowest BCUT2D eigenvalue weighted by molar-refractivity contribution is -0.384. The van der Waals surface area contributed by atoms with E-state index >= 15 is 0 Å². The molecule has 0 unspecified atom stereocenters. The summed E-state index contributed by atoms with van der Waals surface area (Å²) in [4.78, 5) is 23.2. The largest absolute Gasteiger partial charge is 0.507 e. The van der Waals surface area contributed by atoms with Gasteiger partial charge in [-0.25, -0.2) is 4.79 Å². The monoisotopic (exact) mass is 347 g/mol. The van der Waals surface area contributed by atoms with Crippen LogP contribution in [0.3, 0.4) is 0 Å². The van der Waals surface area contributed by atoms with Gasteiger partial charge in [-0.1, -0.05) is 25.6 Å². The summed E-state index contributed by atoms with van der Waals surface area (Å²) in [6, 6.07) is 7.81. The zero-order chi connectivity index (χ0) is 18.0. The second-order valence-electron chi connectivity index (χ2n) is 5.63. The molecule has 0 aliphatic rings. The van der Waals surface area contributed by atoms with E-state index in [9.17, 15) is 25.1 Å². The first-order chi connectivity index (χ1) is 11.2. The molecule has 126 valence electrons. The highest BCUT2D eigenvalue weighted by atomic mass is 32.2. The fourth-order valence-electron chi connectivity index (χ4n) is 2.33. The molecule has 0 spiro atoms. The minimum atomic E-state index is -1.18. The Kier molecular flexibility index (Phi) is 5.14. The van der Waals surface area contributed by atoms with Gasteiger partial charge in [0.05, 0.1) is 4.92 Å². The zero-order valence-electron chi connectivity index (χ0n) is 13.4. The number of benzene rings is 2. The standard InChI is InChI=1S/C17H17NO5S/c1-9(2)13-8-14(10(3)15(16(13)19)17(20)21)24-12-6-4-11(5-7-12)18(22)23/h4-9,19H,1-3H3,(H,20,21). The second-order valence-corrected chi connectivity index (χ2v) is 6.74. The number of hydrogen-bond acceptors (Lipinski definition) is 5. The summed E-state index contributed by atoms with van der Waals surface area (Å²) in [5.41, 5.74) is 0.914. The zero-order valence-corrected chi connectivity index (χ0v) is 14.3. The molecule has 2 aromatic carbocycles. The maximum atomic E-state index is 11.5. The Bertz CT molecular complexity index is 800. The van der Waals surface area contributed by atoms with Gasteiger partial charge < -0.3 is 10.2 Å². The Morgan fingerprint density at radius 3 is 2.29 bits per heavy atom. The fraction of sp³-hybridized carbons (Fsp3) is 0.235. The van der Waals surface area contributed by atoms with Gasteiger partial charge >= 0.3 is 5.97 Å². The molecule has 0 saturated heterocycles. The fourth-order valence-corrected chi connectivity index (χ4v) is 3.30. The van der Waals surface area contributed by atoms with Gasteiger partial charge in [-0.15, -0.1) is 0 Å². The number of aromatic carboxylic acids is 1. The van der Waals surface area contributed by atoms with Crippen LogP contribution in [0.4, 0.5) is 5.69 Å². The number of hydrogen-bond donors (Lipinski definition) is 2. The first-order valence-electron chi connectivity index (χ1n) is 7.24. The lowest BCUT2D eigenvalue weighted by Crippen LogP contribution is -2.05. The maximum absolute atomic E-state index is 11.5. The first-order valence-corrected chi connectivity index (χ1v) is 8.06. The topological polar surface area (TPSA) is 101 Å². The van der Waals surface area contributed by atoms with Gasteiger partial charge in [0.15, 0.2) is 0 Å². The van der Waals surface area contributed by atoms with Crippen molar-refractivity contribution in [3.05, 3.63) is 57.1 Å². The quantitative estimate of drug-likeness (QED) is 0.606. The van der Waals surface area contributed by atoms with Crippen molar-refractivity contribution in [2.45, 2.75) is 36.5 Å². The van der Waals surface area contributed by atoms with Crippen molar-refractivity contribution in [2.24, 2.45) is 0 Å². The van der Waals surface area contributed by atoms with Crippen molar-refractivity contribution in [2.75, 3.05) is 0 Å². The number of nitrogens with zero attached hydrogens (tertiary/aromatic N) is 1. The molecule has 6 nitrogen and oxygen atoms in total. The molecular weight excluding hydrogens is 330 g/mol. The number of non-ortho nitro benzene ring substituents is 1. The van der Waals surface area contributed by atoms with Crippen LogP contribution in [0.2, 0.25) is 0 Å². The maximum Gasteiger partial charge on any atom is 0.339 e. The molecule has 0 bridgehead atoms. The normalized spacial score (nSPS) is 10.8. The number of carboxylic acid groups (broad SMARTS) is 1. The van der Waals surface area contributed by atoms with Crippen LogP contribution in [0.25, 0.3) is 0 Å². The van der Waals surface area contributed by atoms with E-state index in [0.717, 1.165) is 4.90 Å². The Morgan fingerprint density at radius 1 is 1.25 bits per heavy atom. The average molecular weight is 347 g/mol. The third-order valence-electron chi connectivity index (χ3n) is 3.65. The van der Waals surface area contributed by atoms with E-state index in [1.54, 1.807) is 25.1 Å². The van der Waals surface area contributed by atoms with Gasteiger partial charge in [0, 0.05) is 21.9 Å². The summed E-state index contributed by atoms with van der Waals surface area (Å²) in [7, 11) is 0. The molecule has 0 fully saturated rings. The highest BCUT2D eigenvalue weighted by Gasteiger charge is 2.22. The number of nitro groups is 1. The summed E-state index contributed by atoms with van der Waals surface area (Å²) in [6.45, 7) is 5.38. The number of aromatic hydroxyl groups is 1. The number of rotatable bonds is 5. The van der Waals surface area contributed by atoms with Crippen molar-refractivity contribution >= 4 is 23.4 Å². The molecule has 0 saturated carbocycles. The van der Waals surface area contributed by atoms with Gasteiger partial charge in [-0.3, -0.25) is 10.1 Å². The molecule has 2 rings (SSSR count). The third-order valence-corrected chi connectivity index (χ3v) is 4.80. The summed E-state index contributed by atoms with van der Waals surface area (Å²) >= 11 is 1.31. The highest BCUT2D eigenvalue weighted by molar-refractivity contribution is 7.99. The van der Waals surface area contributed by atoms with E-state index in [4.69, 9.17) is 0 Å². The van der Waals surface area contributed by atoms with Crippen LogP contribution in [0.15, 0.2) is 40.1 Å². The first kappa shape index (κ1) is 17.8. The van der Waals surface area contributed by atoms with Crippen LogP contribution in [-0.2, 0) is 0 Å². The van der Waals surface area contributed by atoms with E-state index in [2.05, 4.69) is 0 Å². The van der Waals surface area contributed by atoms with Crippen LogP contribution in [-0.4, -0.2) is 21.1 Å². The summed E-state index contributed by atoms with van der Waals surface area (Å²) in [5, 5.41) is 30.3. The van der Waals surface area contributed by atoms with E-state index in [1.807, 2.05) is 13.8 Å². The van der Waals surface area contributed by atoms with Crippen molar-refractivity contribution < 1.29 is 19.9 Å². The Balaban J connectivity index is 2.49. The number of phenols is 1. The minimum Gasteiger partial charge on any atom is -0.507 e. The van der Waals surface area contributed by atoms with Crippen LogP contribution < -0.4 is 0 Å². The lowest BCUT2D eigenvalue weighted by Gasteiger charge is -2.16. The molecule has 0 aliphatic heterocycles. The van der Waals surface area contributed by atoms with Crippen molar-refractivity contribution in [3.8, 4) is 5.75 Å². The Hall–Kier alpha value is -2.54. The molecular formula is C17H17NO5S. The van der Waals surface area contributed by atoms with Crippen molar-refractivity contribution in [1.29, 1.82) is 0 Å². The van der Waals surface area contributed by atoms with E-state index < -0.39 is 10.9 Å². The highest BCUT2D eigenvalue weighted by Crippen LogP contribution is 2.40. The molecule has 0 aliphatic carbocycles. The van der Waals surface area contributed by atoms with Gasteiger partial charge in [0.25, 0.3) is 5.69 Å². The van der Waals surface area contributed by atoms with E-state index in [0.29, 0.717) is 16.0 Å². The van der Waals surface area contributed by atoms with Crippen LogP contribution in [0.5, 0.6) is 5.75 Å². The number of nitro benzene ring substituents is 1. The molecule has 7 heteroatoms. The van der Waals surface area contributed by atoms with Crippen LogP contribution in [0.1, 0.15) is 41.3 Å². The smallest absolute Gasteiger partial charge is 0.339 e. The molecule has 0 heterocycles. The molecule has 0 amide bonds. The summed E-state index contributed by atoms with van der Waals surface area (Å²) < 4.78 is 0. The SMILES string of the molecule is Cc1c(Sc2ccc([N+](=O)[O-])cc2)cc(C(C)C)c(O)c1C(=O)O. The van der Waals surface area contributed by atoms with Crippen molar-refractivity contribution in [1.82, 2.24) is 0 Å². The third kappa shape index (κ3) is 3.51. The second kappa shape index (κ2) is 6.92. The summed E-state index contributed by atoms with van der Waals surface area (Å²) in [5.74, 6) is -1.43. The van der Waals surface area contributed by atoms with Gasteiger partial charge in [0.1, 0.15) is 11.3 Å². The molecule has 2 aromatic rings. The predicted octanol–water partition coefficient (Wildman–Crippen LogP) is 4.58. The van der Waals surface area contributed by atoms with Gasteiger partial charge in [-0.2, -0.15) is 0 Å². The van der Waals surface area contributed by atoms with Gasteiger partial charge in [-0.05, 0) is 42.2 Å². The predicted molar refractivity (Wildman–Crippen MR) is 91.1 cm³/mol. The van der Waals surface area contributed by atoms with E-state index in [-0.39, 0.29) is 22.9 Å². The summed E-state index contributed by atoms with van der Waals surface area (Å²) in [6.07, 6.45) is 0. The molecule has 0 atom stereocenters. The van der Waals surface area contributed by atoms with E-state index in [1.165, 1.54) is 23.9 Å². The van der Waals surface area contributed by atoms with Crippen LogP contribution >= 0.6 is 11.8 Å². The van der Waals surface area contributed by atoms with Crippen LogP contribution in [0, 0.1) is 17.0 Å². The molecule has 0 aromatic heterocycles. The average Bonchev–Trinajstić information content (AvgIpc) is 2.50. The van der Waals surface area contributed by atoms with Gasteiger partial charge in [0.2, 0.25) is 0 Å². The lowest BCUT2D eigenvalue weighted by atomic mass is 9.96. The van der Waals surface area contributed by atoms with Crippen molar-refractivity contribution in [3.63, 3.8) is 0 Å². The number of carboxylic acids is 1. The number of carbonyl (C=O) groups is 1.